The minimum absolute atomic E-state index is 0.110. The van der Waals surface area contributed by atoms with Gasteiger partial charge in [0.1, 0.15) is 5.75 Å². The van der Waals surface area contributed by atoms with E-state index in [1.165, 1.54) is 0 Å². The predicted molar refractivity (Wildman–Crippen MR) is 55.9 cm³/mol. The van der Waals surface area contributed by atoms with Gasteiger partial charge in [-0.1, -0.05) is 0 Å². The Kier molecular flexibility index (Phi) is 2.87. The second-order valence-electron chi connectivity index (χ2n) is 2.83. The van der Waals surface area contributed by atoms with Crippen LogP contribution in [0.4, 0.5) is 0 Å². The average molecular weight is 225 g/mol. The van der Waals surface area contributed by atoms with Gasteiger partial charge in [0.25, 0.3) is 11.2 Å². The highest BCUT2D eigenvalue weighted by atomic mass is 35.5. The summed E-state index contributed by atoms with van der Waals surface area (Å²) in [5.41, 5.74) is 0.817. The average Bonchev–Trinajstić information content (AvgIpc) is 2.67. The Labute approximate surface area is 91.8 Å². The molecule has 0 aliphatic carbocycles. The fraction of sp³-hybridized carbons (Fsp3) is 0.200. The topological polar surface area (TPSA) is 48.2 Å². The molecule has 4 nitrogen and oxygen atoms in total. The maximum atomic E-state index is 5.55. The molecule has 0 amide bonds. The Balaban J connectivity index is 2.23. The smallest absolute Gasteiger partial charge is 0.264 e. The first-order valence-electron chi connectivity index (χ1n) is 4.52. The first-order chi connectivity index (χ1) is 7.29. The standard InChI is InChI=1S/C10H9ClN2O2/c1-2-14-8-5-3-7(4-6-8)9-12-10(11)13-15-9/h3-6H,2H2,1H3. The van der Waals surface area contributed by atoms with E-state index in [-0.39, 0.29) is 5.28 Å². The molecule has 1 aromatic carbocycles. The molecule has 0 atom stereocenters. The van der Waals surface area contributed by atoms with Crippen molar-refractivity contribution in [2.45, 2.75) is 6.92 Å². The molecule has 0 fully saturated rings. The molecular weight excluding hydrogens is 216 g/mol. The SMILES string of the molecule is CCOc1ccc(-c2nc(Cl)no2)cc1. The van der Waals surface area contributed by atoms with Crippen molar-refractivity contribution >= 4 is 11.6 Å². The molecule has 0 aliphatic rings. The number of aromatic nitrogens is 2. The number of hydrogen-bond donors (Lipinski definition) is 0. The zero-order valence-electron chi connectivity index (χ0n) is 8.11. The first-order valence-corrected chi connectivity index (χ1v) is 4.90. The Morgan fingerprint density at radius 1 is 1.33 bits per heavy atom. The zero-order chi connectivity index (χ0) is 10.7. The van der Waals surface area contributed by atoms with Crippen LogP contribution >= 0.6 is 11.6 Å². The van der Waals surface area contributed by atoms with Crippen molar-refractivity contribution in [3.8, 4) is 17.2 Å². The summed E-state index contributed by atoms with van der Waals surface area (Å²) >= 11 is 5.55. The largest absolute Gasteiger partial charge is 0.494 e. The van der Waals surface area contributed by atoms with Gasteiger partial charge in [0.2, 0.25) is 0 Å². The number of benzene rings is 1. The van der Waals surface area contributed by atoms with Crippen molar-refractivity contribution in [1.29, 1.82) is 0 Å². The molecule has 1 heterocycles. The molecule has 0 saturated carbocycles. The molecule has 15 heavy (non-hydrogen) atoms. The van der Waals surface area contributed by atoms with Crippen LogP contribution in [-0.4, -0.2) is 16.7 Å². The van der Waals surface area contributed by atoms with Crippen molar-refractivity contribution in [2.75, 3.05) is 6.61 Å². The van der Waals surface area contributed by atoms with Crippen molar-refractivity contribution < 1.29 is 9.26 Å². The minimum atomic E-state index is 0.110. The van der Waals surface area contributed by atoms with E-state index in [1.54, 1.807) is 0 Å². The molecule has 2 rings (SSSR count). The molecule has 0 bridgehead atoms. The van der Waals surface area contributed by atoms with Gasteiger partial charge in [-0.15, -0.1) is 0 Å². The third-order valence-electron chi connectivity index (χ3n) is 1.81. The van der Waals surface area contributed by atoms with Crippen molar-refractivity contribution in [1.82, 2.24) is 10.1 Å². The molecule has 0 N–H and O–H groups in total. The summed E-state index contributed by atoms with van der Waals surface area (Å²) in [5.74, 6) is 1.22. The fourth-order valence-electron chi connectivity index (χ4n) is 1.18. The summed E-state index contributed by atoms with van der Waals surface area (Å²) in [6.07, 6.45) is 0. The molecule has 0 aliphatic heterocycles. The molecule has 0 unspecified atom stereocenters. The van der Waals surface area contributed by atoms with Crippen molar-refractivity contribution in [2.24, 2.45) is 0 Å². The number of ether oxygens (including phenoxy) is 1. The lowest BCUT2D eigenvalue weighted by atomic mass is 10.2. The van der Waals surface area contributed by atoms with Crippen LogP contribution in [0.15, 0.2) is 28.8 Å². The predicted octanol–water partition coefficient (Wildman–Crippen LogP) is 2.79. The first kappa shape index (κ1) is 9.98. The van der Waals surface area contributed by atoms with Gasteiger partial charge in [0.05, 0.1) is 6.61 Å². The van der Waals surface area contributed by atoms with Crippen LogP contribution in [0.5, 0.6) is 5.75 Å². The van der Waals surface area contributed by atoms with Gasteiger partial charge in [-0.3, -0.25) is 0 Å². The molecule has 2 aromatic rings. The molecular formula is C10H9ClN2O2. The molecule has 0 saturated heterocycles. The van der Waals surface area contributed by atoms with Crippen LogP contribution in [0.3, 0.4) is 0 Å². The highest BCUT2D eigenvalue weighted by Gasteiger charge is 2.06. The number of rotatable bonds is 3. The van der Waals surface area contributed by atoms with E-state index in [4.69, 9.17) is 20.9 Å². The monoisotopic (exact) mass is 224 g/mol. The van der Waals surface area contributed by atoms with Crippen LogP contribution in [0.2, 0.25) is 5.28 Å². The Bertz CT molecular complexity index is 439. The molecule has 0 spiro atoms. The van der Waals surface area contributed by atoms with E-state index < -0.39 is 0 Å². The van der Waals surface area contributed by atoms with E-state index in [1.807, 2.05) is 31.2 Å². The highest BCUT2D eigenvalue weighted by Crippen LogP contribution is 2.21. The van der Waals surface area contributed by atoms with E-state index in [0.717, 1.165) is 11.3 Å². The Hall–Kier alpha value is -1.55. The molecule has 78 valence electrons. The maximum absolute atomic E-state index is 5.55. The minimum Gasteiger partial charge on any atom is -0.494 e. The van der Waals surface area contributed by atoms with E-state index >= 15 is 0 Å². The van der Waals surface area contributed by atoms with Crippen molar-refractivity contribution in [3.63, 3.8) is 0 Å². The van der Waals surface area contributed by atoms with Gasteiger partial charge in [-0.25, -0.2) is 0 Å². The zero-order valence-corrected chi connectivity index (χ0v) is 8.86. The summed E-state index contributed by atoms with van der Waals surface area (Å²) in [7, 11) is 0. The molecule has 0 radical (unpaired) electrons. The summed E-state index contributed by atoms with van der Waals surface area (Å²) in [5, 5.41) is 3.61. The van der Waals surface area contributed by atoms with Crippen LogP contribution in [0.25, 0.3) is 11.5 Å². The summed E-state index contributed by atoms with van der Waals surface area (Å²) < 4.78 is 10.2. The second kappa shape index (κ2) is 4.31. The van der Waals surface area contributed by atoms with Gasteiger partial charge in [-0.2, -0.15) is 4.98 Å². The van der Waals surface area contributed by atoms with Crippen LogP contribution in [-0.2, 0) is 0 Å². The summed E-state index contributed by atoms with van der Waals surface area (Å²) in [6.45, 7) is 2.58. The summed E-state index contributed by atoms with van der Waals surface area (Å²) in [6, 6.07) is 7.37. The van der Waals surface area contributed by atoms with Crippen LogP contribution in [0, 0.1) is 0 Å². The van der Waals surface area contributed by atoms with Gasteiger partial charge < -0.3 is 9.26 Å². The lowest BCUT2D eigenvalue weighted by Gasteiger charge is -2.01. The van der Waals surface area contributed by atoms with Gasteiger partial charge in [-0.05, 0) is 47.9 Å². The Morgan fingerprint density at radius 3 is 2.60 bits per heavy atom. The Morgan fingerprint density at radius 2 is 2.07 bits per heavy atom. The number of nitrogens with zero attached hydrogens (tertiary/aromatic N) is 2. The normalized spacial score (nSPS) is 10.3. The second-order valence-corrected chi connectivity index (χ2v) is 3.16. The van der Waals surface area contributed by atoms with Gasteiger partial charge in [0, 0.05) is 5.56 Å². The van der Waals surface area contributed by atoms with E-state index in [0.29, 0.717) is 12.5 Å². The quantitative estimate of drug-likeness (QED) is 0.804. The van der Waals surface area contributed by atoms with E-state index in [9.17, 15) is 0 Å². The fourth-order valence-corrected chi connectivity index (χ4v) is 1.29. The number of halogens is 1. The summed E-state index contributed by atoms with van der Waals surface area (Å²) in [4.78, 5) is 3.90. The third-order valence-corrected chi connectivity index (χ3v) is 1.97. The van der Waals surface area contributed by atoms with Crippen LogP contribution < -0.4 is 4.74 Å². The van der Waals surface area contributed by atoms with E-state index in [2.05, 4.69) is 10.1 Å². The van der Waals surface area contributed by atoms with Crippen molar-refractivity contribution in [3.05, 3.63) is 29.5 Å². The maximum Gasteiger partial charge on any atom is 0.264 e. The van der Waals surface area contributed by atoms with Gasteiger partial charge >= 0.3 is 0 Å². The lowest BCUT2D eigenvalue weighted by molar-refractivity contribution is 0.340. The number of hydrogen-bond acceptors (Lipinski definition) is 4. The van der Waals surface area contributed by atoms with Crippen LogP contribution in [0.1, 0.15) is 6.92 Å². The lowest BCUT2D eigenvalue weighted by Crippen LogP contribution is -1.90. The third kappa shape index (κ3) is 2.27. The molecule has 1 aromatic heterocycles. The van der Waals surface area contributed by atoms with Gasteiger partial charge in [0.15, 0.2) is 0 Å². The highest BCUT2D eigenvalue weighted by molar-refractivity contribution is 6.28. The molecule has 5 heteroatoms.